The van der Waals surface area contributed by atoms with Gasteiger partial charge < -0.3 is 5.32 Å². The molecule has 0 saturated heterocycles. The van der Waals surface area contributed by atoms with Crippen LogP contribution in [0.2, 0.25) is 0 Å². The van der Waals surface area contributed by atoms with Crippen LogP contribution in [-0.2, 0) is 7.05 Å². The molecular weight excluding hydrogens is 290 g/mol. The summed E-state index contributed by atoms with van der Waals surface area (Å²) < 4.78 is 2.95. The molecule has 3 nitrogen and oxygen atoms in total. The van der Waals surface area contributed by atoms with Crippen molar-refractivity contribution in [2.24, 2.45) is 7.05 Å². The van der Waals surface area contributed by atoms with Gasteiger partial charge in [0.1, 0.15) is 0 Å². The Balaban J connectivity index is 2.41. The number of hydrogen-bond acceptors (Lipinski definition) is 2. The lowest BCUT2D eigenvalue weighted by atomic mass is 9.99. The van der Waals surface area contributed by atoms with Crippen LogP contribution in [0.15, 0.2) is 34.9 Å². The summed E-state index contributed by atoms with van der Waals surface area (Å²) >= 11 is 3.50. The lowest BCUT2D eigenvalue weighted by Gasteiger charge is -2.18. The third-order valence-electron chi connectivity index (χ3n) is 2.98. The predicted molar refractivity (Wildman–Crippen MR) is 77.6 cm³/mol. The molecule has 0 aliphatic rings. The number of hydrogen-bond donors (Lipinski definition) is 1. The first kappa shape index (κ1) is 13.3. The molecule has 0 aliphatic heterocycles. The molecule has 1 N–H and O–H groups in total. The maximum absolute atomic E-state index is 4.51. The summed E-state index contributed by atoms with van der Waals surface area (Å²) in [4.78, 5) is 0. The number of halogens is 1. The third kappa shape index (κ3) is 2.82. The first-order valence-electron chi connectivity index (χ1n) is 6.10. The topological polar surface area (TPSA) is 29.9 Å². The number of aryl methyl sites for hydroxylation is 2. The summed E-state index contributed by atoms with van der Waals surface area (Å²) in [6.45, 7) is 5.16. The molecular formula is C14H18BrN3. The van der Waals surface area contributed by atoms with Gasteiger partial charge in [0.25, 0.3) is 0 Å². The lowest BCUT2D eigenvalue weighted by molar-refractivity contribution is 0.597. The van der Waals surface area contributed by atoms with E-state index in [0.29, 0.717) is 0 Å². The van der Waals surface area contributed by atoms with E-state index in [4.69, 9.17) is 0 Å². The molecule has 0 bridgehead atoms. The molecule has 4 heteroatoms. The van der Waals surface area contributed by atoms with Crippen molar-refractivity contribution in [3.63, 3.8) is 0 Å². The average Bonchev–Trinajstić information content (AvgIpc) is 2.73. The molecule has 2 rings (SSSR count). The number of benzene rings is 1. The normalized spacial score (nSPS) is 12.7. The largest absolute Gasteiger partial charge is 0.305 e. The van der Waals surface area contributed by atoms with E-state index in [1.807, 2.05) is 17.9 Å². The molecule has 1 aromatic heterocycles. The Hall–Kier alpha value is -1.13. The number of nitrogens with one attached hydrogen (secondary N) is 1. The minimum Gasteiger partial charge on any atom is -0.305 e. The highest BCUT2D eigenvalue weighted by Gasteiger charge is 2.17. The van der Waals surface area contributed by atoms with Crippen LogP contribution in [0.1, 0.15) is 29.8 Å². The van der Waals surface area contributed by atoms with Crippen molar-refractivity contribution in [3.05, 3.63) is 51.8 Å². The molecule has 1 heterocycles. The van der Waals surface area contributed by atoms with E-state index < -0.39 is 0 Å². The molecule has 1 atom stereocenters. The number of nitrogens with zero attached hydrogens (tertiary/aromatic N) is 2. The van der Waals surface area contributed by atoms with E-state index in [1.54, 1.807) is 0 Å². The second-order valence-corrected chi connectivity index (χ2v) is 5.32. The van der Waals surface area contributed by atoms with Crippen LogP contribution >= 0.6 is 15.9 Å². The zero-order chi connectivity index (χ0) is 13.1. The van der Waals surface area contributed by atoms with Crippen LogP contribution < -0.4 is 5.32 Å². The van der Waals surface area contributed by atoms with E-state index in [-0.39, 0.29) is 6.04 Å². The summed E-state index contributed by atoms with van der Waals surface area (Å²) in [5.41, 5.74) is 3.60. The van der Waals surface area contributed by atoms with Gasteiger partial charge in [0.15, 0.2) is 0 Å². The van der Waals surface area contributed by atoms with Crippen molar-refractivity contribution in [2.45, 2.75) is 19.9 Å². The Morgan fingerprint density at radius 3 is 2.72 bits per heavy atom. The third-order valence-corrected chi connectivity index (χ3v) is 3.47. The van der Waals surface area contributed by atoms with Gasteiger partial charge in [-0.2, -0.15) is 5.10 Å². The van der Waals surface area contributed by atoms with Crippen LogP contribution in [0.4, 0.5) is 0 Å². The molecule has 0 fully saturated rings. The zero-order valence-electron chi connectivity index (χ0n) is 10.9. The highest BCUT2D eigenvalue weighted by molar-refractivity contribution is 9.10. The molecule has 0 radical (unpaired) electrons. The van der Waals surface area contributed by atoms with Crippen LogP contribution in [0.5, 0.6) is 0 Å². The molecule has 2 aromatic rings. The van der Waals surface area contributed by atoms with Crippen molar-refractivity contribution < 1.29 is 0 Å². The van der Waals surface area contributed by atoms with Crippen molar-refractivity contribution in [1.82, 2.24) is 15.1 Å². The highest BCUT2D eigenvalue weighted by Crippen LogP contribution is 2.26. The first-order valence-corrected chi connectivity index (χ1v) is 6.90. The van der Waals surface area contributed by atoms with Crippen LogP contribution in [-0.4, -0.2) is 16.3 Å². The molecule has 1 aromatic carbocycles. The summed E-state index contributed by atoms with van der Waals surface area (Å²) in [6, 6.07) is 8.60. The fourth-order valence-corrected chi connectivity index (χ4v) is 2.60. The minimum atomic E-state index is 0.157. The van der Waals surface area contributed by atoms with E-state index >= 15 is 0 Å². The second-order valence-electron chi connectivity index (χ2n) is 4.41. The fourth-order valence-electron chi connectivity index (χ4n) is 2.13. The van der Waals surface area contributed by atoms with Crippen LogP contribution in [0.3, 0.4) is 0 Å². The molecule has 0 saturated carbocycles. The maximum Gasteiger partial charge on any atom is 0.0839 e. The molecule has 1 unspecified atom stereocenters. The molecule has 18 heavy (non-hydrogen) atoms. The fraction of sp³-hybridized carbons (Fsp3) is 0.357. The number of rotatable bonds is 4. The Morgan fingerprint density at radius 1 is 1.39 bits per heavy atom. The summed E-state index contributed by atoms with van der Waals surface area (Å²) in [5.74, 6) is 0. The molecule has 0 spiro atoms. The van der Waals surface area contributed by atoms with E-state index in [9.17, 15) is 0 Å². The lowest BCUT2D eigenvalue weighted by Crippen LogP contribution is -2.23. The van der Waals surface area contributed by atoms with Crippen molar-refractivity contribution in [2.75, 3.05) is 6.54 Å². The smallest absolute Gasteiger partial charge is 0.0839 e. The van der Waals surface area contributed by atoms with Gasteiger partial charge in [0, 0.05) is 17.7 Å². The van der Waals surface area contributed by atoms with Crippen LogP contribution in [0.25, 0.3) is 0 Å². The molecule has 96 valence electrons. The van der Waals surface area contributed by atoms with Gasteiger partial charge >= 0.3 is 0 Å². The summed E-state index contributed by atoms with van der Waals surface area (Å²) in [7, 11) is 1.95. The summed E-state index contributed by atoms with van der Waals surface area (Å²) in [5, 5.41) is 8.01. The van der Waals surface area contributed by atoms with Gasteiger partial charge in [-0.25, -0.2) is 0 Å². The van der Waals surface area contributed by atoms with Gasteiger partial charge in [-0.05, 0) is 42.8 Å². The van der Waals surface area contributed by atoms with E-state index in [0.717, 1.165) is 16.7 Å². The van der Waals surface area contributed by atoms with Gasteiger partial charge in [0.05, 0.1) is 11.7 Å². The van der Waals surface area contributed by atoms with Crippen molar-refractivity contribution >= 4 is 15.9 Å². The van der Waals surface area contributed by atoms with Gasteiger partial charge in [0.2, 0.25) is 0 Å². The molecule has 0 aliphatic carbocycles. The zero-order valence-corrected chi connectivity index (χ0v) is 12.5. The van der Waals surface area contributed by atoms with E-state index in [1.165, 1.54) is 11.1 Å². The minimum absolute atomic E-state index is 0.157. The van der Waals surface area contributed by atoms with Gasteiger partial charge in [-0.1, -0.05) is 28.9 Å². The average molecular weight is 308 g/mol. The standard InChI is InChI=1S/C14H18BrN3/c1-4-16-14(13-7-8-18(3)17-13)12-6-5-11(15)9-10(12)2/h5-9,14,16H,4H2,1-3H3. The Morgan fingerprint density at radius 2 is 2.17 bits per heavy atom. The number of aromatic nitrogens is 2. The highest BCUT2D eigenvalue weighted by atomic mass is 79.9. The first-order chi connectivity index (χ1) is 8.61. The quantitative estimate of drug-likeness (QED) is 0.940. The van der Waals surface area contributed by atoms with Gasteiger partial charge in [-0.3, -0.25) is 4.68 Å². The van der Waals surface area contributed by atoms with Gasteiger partial charge in [-0.15, -0.1) is 0 Å². The van der Waals surface area contributed by atoms with E-state index in [2.05, 4.69) is 64.5 Å². The second kappa shape index (κ2) is 5.67. The SMILES string of the molecule is CCNC(c1ccn(C)n1)c1ccc(Br)cc1C. The Labute approximate surface area is 116 Å². The van der Waals surface area contributed by atoms with Crippen LogP contribution in [0, 0.1) is 6.92 Å². The predicted octanol–water partition coefficient (Wildman–Crippen LogP) is 3.19. The summed E-state index contributed by atoms with van der Waals surface area (Å²) in [6.07, 6.45) is 1.98. The molecule has 0 amide bonds. The Bertz CT molecular complexity index is 534. The monoisotopic (exact) mass is 307 g/mol. The van der Waals surface area contributed by atoms with Crippen molar-refractivity contribution in [3.8, 4) is 0 Å². The Kier molecular flexibility index (Phi) is 4.19. The van der Waals surface area contributed by atoms with Crippen molar-refractivity contribution in [1.29, 1.82) is 0 Å². The maximum atomic E-state index is 4.51.